The number of hydrogen-bond donors (Lipinski definition) is 2. The van der Waals surface area contributed by atoms with E-state index >= 15 is 0 Å². The molecule has 0 heterocycles. The van der Waals surface area contributed by atoms with Crippen LogP contribution >= 0.6 is 0 Å². The summed E-state index contributed by atoms with van der Waals surface area (Å²) in [7, 11) is 3.72. The molecule has 0 radical (unpaired) electrons. The Bertz CT molecular complexity index is 306. The van der Waals surface area contributed by atoms with Gasteiger partial charge in [-0.15, -0.1) is 0 Å². The second-order valence-electron chi connectivity index (χ2n) is 5.58. The molecule has 120 valence electrons. The average Bonchev–Trinajstić information content (AvgIpc) is 2.29. The molecule has 20 heavy (non-hydrogen) atoms. The zero-order valence-corrected chi connectivity index (χ0v) is 12.5. The van der Waals surface area contributed by atoms with Crippen molar-refractivity contribution in [3.8, 4) is 0 Å². The molecule has 0 bridgehead atoms. The molecule has 0 aromatic carbocycles. The second kappa shape index (κ2) is 8.31. The Morgan fingerprint density at radius 1 is 1.20 bits per heavy atom. The Morgan fingerprint density at radius 3 is 2.10 bits per heavy atom. The molecule has 1 unspecified atom stereocenters. The quantitative estimate of drug-likeness (QED) is 0.308. The molecule has 1 atom stereocenters. The van der Waals surface area contributed by atoms with E-state index in [9.17, 15) is 13.2 Å². The Hall–Kier alpha value is -1.02. The zero-order chi connectivity index (χ0) is 15.9. The van der Waals surface area contributed by atoms with E-state index in [2.05, 4.69) is 5.16 Å². The molecule has 0 fully saturated rings. The summed E-state index contributed by atoms with van der Waals surface area (Å²) in [6.07, 6.45) is -4.52. The molecule has 0 aromatic rings. The fourth-order valence-electron chi connectivity index (χ4n) is 1.81. The summed E-state index contributed by atoms with van der Waals surface area (Å²) in [6.45, 7) is 5.25. The maximum Gasteiger partial charge on any atom is 0.400 e. The summed E-state index contributed by atoms with van der Waals surface area (Å²) >= 11 is 0. The largest absolute Gasteiger partial charge is 0.409 e. The molecule has 0 aliphatic rings. The van der Waals surface area contributed by atoms with Gasteiger partial charge in [0.1, 0.15) is 5.92 Å². The van der Waals surface area contributed by atoms with Gasteiger partial charge in [-0.3, -0.25) is 0 Å². The van der Waals surface area contributed by atoms with Crippen LogP contribution in [0.2, 0.25) is 0 Å². The third-order valence-corrected chi connectivity index (χ3v) is 2.80. The van der Waals surface area contributed by atoms with Gasteiger partial charge < -0.3 is 20.7 Å². The highest BCUT2D eigenvalue weighted by molar-refractivity contribution is 5.83. The molecule has 0 aromatic heterocycles. The lowest BCUT2D eigenvalue weighted by atomic mass is 10.1. The van der Waals surface area contributed by atoms with Crippen molar-refractivity contribution in [3.05, 3.63) is 0 Å². The van der Waals surface area contributed by atoms with Gasteiger partial charge in [0.25, 0.3) is 0 Å². The molecule has 0 aliphatic heterocycles. The summed E-state index contributed by atoms with van der Waals surface area (Å²) in [5.41, 5.74) is 5.18. The zero-order valence-electron chi connectivity index (χ0n) is 12.5. The average molecular weight is 298 g/mol. The van der Waals surface area contributed by atoms with Crippen LogP contribution in [0.1, 0.15) is 13.8 Å². The molecule has 0 saturated carbocycles. The van der Waals surface area contributed by atoms with E-state index < -0.39 is 17.9 Å². The van der Waals surface area contributed by atoms with E-state index in [-0.39, 0.29) is 12.5 Å². The summed E-state index contributed by atoms with van der Waals surface area (Å²) in [5, 5.41) is 11.0. The van der Waals surface area contributed by atoms with Gasteiger partial charge >= 0.3 is 6.18 Å². The normalized spacial score (nSPS) is 15.4. The van der Waals surface area contributed by atoms with E-state index in [1.54, 1.807) is 4.90 Å². The predicted octanol–water partition coefficient (Wildman–Crippen LogP) is 1.43. The van der Waals surface area contributed by atoms with Crippen LogP contribution in [0.3, 0.4) is 0 Å². The van der Waals surface area contributed by atoms with E-state index in [1.165, 1.54) is 0 Å². The van der Waals surface area contributed by atoms with Gasteiger partial charge in [-0.25, -0.2) is 0 Å². The number of likely N-dealkylation sites (N-methyl/N-ethyl adjacent to an activating group) is 1. The Kier molecular flexibility index (Phi) is 7.88. The first-order valence-electron chi connectivity index (χ1n) is 6.49. The van der Waals surface area contributed by atoms with Crippen molar-refractivity contribution in [2.75, 3.05) is 40.3 Å². The van der Waals surface area contributed by atoms with Crippen molar-refractivity contribution in [1.29, 1.82) is 0 Å². The lowest BCUT2D eigenvalue weighted by Crippen LogP contribution is -2.46. The maximum absolute atomic E-state index is 12.9. The van der Waals surface area contributed by atoms with Crippen LogP contribution < -0.4 is 5.73 Å². The monoisotopic (exact) mass is 298 g/mol. The predicted molar refractivity (Wildman–Crippen MR) is 72.8 cm³/mol. The van der Waals surface area contributed by atoms with E-state index in [1.807, 2.05) is 32.8 Å². The first-order valence-corrected chi connectivity index (χ1v) is 6.49. The molecular weight excluding hydrogens is 273 g/mol. The molecule has 0 rings (SSSR count). The summed E-state index contributed by atoms with van der Waals surface area (Å²) in [6, 6.07) is 0. The third-order valence-electron chi connectivity index (χ3n) is 2.80. The van der Waals surface area contributed by atoms with Gasteiger partial charge in [-0.05, 0) is 20.0 Å². The van der Waals surface area contributed by atoms with Gasteiger partial charge in [0.2, 0.25) is 0 Å². The van der Waals surface area contributed by atoms with E-state index in [0.29, 0.717) is 19.6 Å². The van der Waals surface area contributed by atoms with Crippen LogP contribution in [0.25, 0.3) is 0 Å². The number of amidine groups is 1. The van der Waals surface area contributed by atoms with Crippen molar-refractivity contribution in [2.45, 2.75) is 20.0 Å². The highest BCUT2D eigenvalue weighted by Gasteiger charge is 2.43. The number of rotatable bonds is 8. The lowest BCUT2D eigenvalue weighted by molar-refractivity contribution is -0.160. The van der Waals surface area contributed by atoms with Crippen LogP contribution in [0.4, 0.5) is 13.2 Å². The van der Waals surface area contributed by atoms with Crippen molar-refractivity contribution in [3.63, 3.8) is 0 Å². The van der Waals surface area contributed by atoms with E-state index in [4.69, 9.17) is 10.9 Å². The fourth-order valence-corrected chi connectivity index (χ4v) is 1.81. The molecular formula is C12H25F3N4O. The van der Waals surface area contributed by atoms with Crippen molar-refractivity contribution < 1.29 is 18.4 Å². The van der Waals surface area contributed by atoms with Gasteiger partial charge in [-0.1, -0.05) is 19.0 Å². The number of alkyl halides is 3. The van der Waals surface area contributed by atoms with Crippen LogP contribution in [0, 0.1) is 11.8 Å². The SMILES string of the molecule is CC(C)CN(CCN(C)C)CC(C(N)=NO)C(F)(F)F. The Morgan fingerprint density at radius 2 is 1.75 bits per heavy atom. The van der Waals surface area contributed by atoms with Gasteiger partial charge in [-0.2, -0.15) is 13.2 Å². The van der Waals surface area contributed by atoms with Gasteiger partial charge in [0, 0.05) is 26.2 Å². The van der Waals surface area contributed by atoms with E-state index in [0.717, 1.165) is 0 Å². The Labute approximate surface area is 118 Å². The number of halogens is 3. The van der Waals surface area contributed by atoms with Crippen LogP contribution in [0.5, 0.6) is 0 Å². The number of nitrogens with zero attached hydrogens (tertiary/aromatic N) is 3. The molecule has 0 amide bonds. The minimum absolute atomic E-state index is 0.235. The number of nitrogens with two attached hydrogens (primary N) is 1. The highest BCUT2D eigenvalue weighted by atomic mass is 19.4. The molecule has 3 N–H and O–H groups in total. The fraction of sp³-hybridized carbons (Fsp3) is 0.917. The van der Waals surface area contributed by atoms with Crippen LogP contribution in [-0.4, -0.2) is 67.3 Å². The minimum atomic E-state index is -4.52. The minimum Gasteiger partial charge on any atom is -0.409 e. The van der Waals surface area contributed by atoms with Crippen molar-refractivity contribution >= 4 is 5.84 Å². The summed E-state index contributed by atoms with van der Waals surface area (Å²) in [4.78, 5) is 3.60. The summed E-state index contributed by atoms with van der Waals surface area (Å²) in [5.74, 6) is -2.51. The molecule has 0 aliphatic carbocycles. The molecule has 5 nitrogen and oxygen atoms in total. The molecule has 0 saturated heterocycles. The third kappa shape index (κ3) is 7.54. The first-order chi connectivity index (χ1) is 9.07. The molecule has 8 heteroatoms. The molecule has 0 spiro atoms. The van der Waals surface area contributed by atoms with Crippen LogP contribution in [-0.2, 0) is 0 Å². The number of oxime groups is 1. The standard InChI is InChI=1S/C12H25F3N4O/c1-9(2)7-19(6-5-18(3)4)8-10(11(16)17-20)12(13,14)15/h9-10,20H,5-8H2,1-4H3,(H2,16,17). The highest BCUT2D eigenvalue weighted by Crippen LogP contribution is 2.27. The van der Waals surface area contributed by atoms with Crippen molar-refractivity contribution in [1.82, 2.24) is 9.80 Å². The van der Waals surface area contributed by atoms with Gasteiger partial charge in [0.05, 0.1) is 0 Å². The topological polar surface area (TPSA) is 65.1 Å². The lowest BCUT2D eigenvalue weighted by Gasteiger charge is -2.30. The first kappa shape index (κ1) is 19.0. The van der Waals surface area contributed by atoms with Gasteiger partial charge in [0.15, 0.2) is 5.84 Å². The Balaban J connectivity index is 4.88. The van der Waals surface area contributed by atoms with Crippen molar-refractivity contribution in [2.24, 2.45) is 22.7 Å². The maximum atomic E-state index is 12.9. The smallest absolute Gasteiger partial charge is 0.400 e. The second-order valence-corrected chi connectivity index (χ2v) is 5.58. The van der Waals surface area contributed by atoms with Crippen LogP contribution in [0.15, 0.2) is 5.16 Å². The number of hydrogen-bond acceptors (Lipinski definition) is 4. The summed E-state index contributed by atoms with van der Waals surface area (Å²) < 4.78 is 38.8.